The highest BCUT2D eigenvalue weighted by Crippen LogP contribution is 2.35. The average Bonchev–Trinajstić information content (AvgIpc) is 3.18. The lowest BCUT2D eigenvalue weighted by Gasteiger charge is -2.22. The second kappa shape index (κ2) is 5.24. The first kappa shape index (κ1) is 14.2. The number of hydrogen-bond donors (Lipinski definition) is 1. The van der Waals surface area contributed by atoms with Crippen LogP contribution in [0.15, 0.2) is 29.7 Å². The van der Waals surface area contributed by atoms with Crippen LogP contribution in [-0.2, 0) is 21.8 Å². The minimum Gasteiger partial charge on any atom is -0.380 e. The lowest BCUT2D eigenvalue weighted by atomic mass is 10.2. The van der Waals surface area contributed by atoms with E-state index in [-0.39, 0.29) is 17.2 Å². The quantitative estimate of drug-likeness (QED) is 0.876. The Morgan fingerprint density at radius 2 is 2.24 bits per heavy atom. The van der Waals surface area contributed by atoms with E-state index in [4.69, 9.17) is 4.74 Å². The van der Waals surface area contributed by atoms with Crippen LogP contribution < -0.4 is 0 Å². The summed E-state index contributed by atoms with van der Waals surface area (Å²) in [6, 6.07) is 1.14. The van der Waals surface area contributed by atoms with Crippen molar-refractivity contribution in [3.63, 3.8) is 0 Å². The Kier molecular flexibility index (Phi) is 3.56. The number of nitrogens with zero attached hydrogens (tertiary/aromatic N) is 4. The SMILES string of the molecule is CO[C@@H]1CC(c2ncc[nH]2)N(S(=O)(=O)c2ccnn2C)C1. The Morgan fingerprint density at radius 1 is 1.43 bits per heavy atom. The van der Waals surface area contributed by atoms with Crippen molar-refractivity contribution in [2.45, 2.75) is 23.6 Å². The molecule has 0 saturated carbocycles. The molecule has 114 valence electrons. The second-order valence-corrected chi connectivity index (χ2v) is 6.79. The van der Waals surface area contributed by atoms with Crippen molar-refractivity contribution in [2.24, 2.45) is 7.05 Å². The van der Waals surface area contributed by atoms with Crippen molar-refractivity contribution in [3.05, 3.63) is 30.5 Å². The van der Waals surface area contributed by atoms with E-state index in [0.29, 0.717) is 18.8 Å². The number of sulfonamides is 1. The maximum absolute atomic E-state index is 12.9. The normalized spacial score (nSPS) is 23.7. The molecule has 2 aromatic rings. The van der Waals surface area contributed by atoms with Crippen molar-refractivity contribution < 1.29 is 13.2 Å². The van der Waals surface area contributed by atoms with Crippen LogP contribution in [0.25, 0.3) is 0 Å². The summed E-state index contributed by atoms with van der Waals surface area (Å²) >= 11 is 0. The van der Waals surface area contributed by atoms with E-state index in [1.54, 1.807) is 26.6 Å². The average molecular weight is 311 g/mol. The number of rotatable bonds is 4. The molecule has 8 nitrogen and oxygen atoms in total. The van der Waals surface area contributed by atoms with E-state index >= 15 is 0 Å². The van der Waals surface area contributed by atoms with Gasteiger partial charge in [-0.3, -0.25) is 4.68 Å². The number of imidazole rings is 1. The number of ether oxygens (including phenoxy) is 1. The number of H-pyrrole nitrogens is 1. The summed E-state index contributed by atoms with van der Waals surface area (Å²) in [4.78, 5) is 7.19. The highest BCUT2D eigenvalue weighted by atomic mass is 32.2. The number of nitrogens with one attached hydrogen (secondary N) is 1. The van der Waals surface area contributed by atoms with Gasteiger partial charge in [-0.15, -0.1) is 0 Å². The van der Waals surface area contributed by atoms with Crippen LogP contribution in [0.5, 0.6) is 0 Å². The van der Waals surface area contributed by atoms with Gasteiger partial charge in [0.1, 0.15) is 5.82 Å². The van der Waals surface area contributed by atoms with Crippen molar-refractivity contribution in [3.8, 4) is 0 Å². The predicted molar refractivity (Wildman–Crippen MR) is 73.8 cm³/mol. The molecule has 2 atom stereocenters. The molecule has 0 radical (unpaired) electrons. The molecular formula is C12H17N5O3S. The topological polar surface area (TPSA) is 93.1 Å². The van der Waals surface area contributed by atoms with Gasteiger partial charge < -0.3 is 9.72 Å². The molecule has 3 rings (SSSR count). The zero-order valence-electron chi connectivity index (χ0n) is 11.8. The molecule has 2 aromatic heterocycles. The highest BCUT2D eigenvalue weighted by Gasteiger charge is 2.43. The highest BCUT2D eigenvalue weighted by molar-refractivity contribution is 7.89. The molecule has 1 fully saturated rings. The van der Waals surface area contributed by atoms with Crippen LogP contribution in [-0.4, -0.2) is 52.2 Å². The summed E-state index contributed by atoms with van der Waals surface area (Å²) in [6.45, 7) is 0.301. The van der Waals surface area contributed by atoms with Gasteiger partial charge in [0.2, 0.25) is 0 Å². The third kappa shape index (κ3) is 2.37. The van der Waals surface area contributed by atoms with Crippen LogP contribution in [0.3, 0.4) is 0 Å². The molecule has 1 aliphatic heterocycles. The molecule has 1 saturated heterocycles. The minimum absolute atomic E-state index is 0.150. The number of aryl methyl sites for hydroxylation is 1. The van der Waals surface area contributed by atoms with Crippen LogP contribution in [0, 0.1) is 0 Å². The minimum atomic E-state index is -3.65. The molecule has 0 aliphatic carbocycles. The first-order valence-electron chi connectivity index (χ1n) is 6.56. The van der Waals surface area contributed by atoms with E-state index in [1.165, 1.54) is 21.3 Å². The van der Waals surface area contributed by atoms with Gasteiger partial charge in [-0.05, 0) is 12.5 Å². The maximum Gasteiger partial charge on any atom is 0.260 e. The van der Waals surface area contributed by atoms with E-state index in [1.807, 2.05) is 0 Å². The van der Waals surface area contributed by atoms with Gasteiger partial charge in [-0.1, -0.05) is 0 Å². The molecule has 1 unspecified atom stereocenters. The zero-order chi connectivity index (χ0) is 15.0. The van der Waals surface area contributed by atoms with Gasteiger partial charge in [0.15, 0.2) is 5.03 Å². The van der Waals surface area contributed by atoms with Crippen LogP contribution in [0.4, 0.5) is 0 Å². The van der Waals surface area contributed by atoms with Crippen molar-refractivity contribution in [2.75, 3.05) is 13.7 Å². The maximum atomic E-state index is 12.9. The Labute approximate surface area is 122 Å². The van der Waals surface area contributed by atoms with Gasteiger partial charge in [0, 0.05) is 33.1 Å². The van der Waals surface area contributed by atoms with Gasteiger partial charge in [-0.2, -0.15) is 9.40 Å². The van der Waals surface area contributed by atoms with E-state index in [9.17, 15) is 8.42 Å². The van der Waals surface area contributed by atoms with Crippen molar-refractivity contribution in [1.29, 1.82) is 0 Å². The smallest absolute Gasteiger partial charge is 0.260 e. The van der Waals surface area contributed by atoms with Crippen LogP contribution >= 0.6 is 0 Å². The number of methoxy groups -OCH3 is 1. The number of aromatic nitrogens is 4. The van der Waals surface area contributed by atoms with Gasteiger partial charge in [0.25, 0.3) is 10.0 Å². The fourth-order valence-corrected chi connectivity index (χ4v) is 4.39. The zero-order valence-corrected chi connectivity index (χ0v) is 12.6. The summed E-state index contributed by atoms with van der Waals surface area (Å²) < 4.78 is 33.8. The van der Waals surface area contributed by atoms with Crippen LogP contribution in [0.2, 0.25) is 0 Å². The molecule has 0 amide bonds. The standard InChI is InChI=1S/C12H17N5O3S/c1-16-11(3-4-15-16)21(18,19)17-8-9(20-2)7-10(17)12-13-5-6-14-12/h3-6,9-10H,7-8H2,1-2H3,(H,13,14)/t9-,10?/m1/s1. The Morgan fingerprint density at radius 3 is 2.81 bits per heavy atom. The molecule has 9 heteroatoms. The largest absolute Gasteiger partial charge is 0.380 e. The molecule has 0 bridgehead atoms. The molecule has 0 spiro atoms. The fourth-order valence-electron chi connectivity index (χ4n) is 2.65. The Hall–Kier alpha value is -1.71. The summed E-state index contributed by atoms with van der Waals surface area (Å²) in [7, 11) is -0.453. The molecule has 1 N–H and O–H groups in total. The van der Waals surface area contributed by atoms with Gasteiger partial charge in [-0.25, -0.2) is 13.4 Å². The Balaban J connectivity index is 2.00. The molecule has 21 heavy (non-hydrogen) atoms. The van der Waals surface area contributed by atoms with Gasteiger partial charge >= 0.3 is 0 Å². The molecule has 1 aliphatic rings. The lowest BCUT2D eigenvalue weighted by Crippen LogP contribution is -2.33. The molecule has 0 aromatic carbocycles. The first-order chi connectivity index (χ1) is 10.0. The third-order valence-electron chi connectivity index (χ3n) is 3.73. The molecule has 3 heterocycles. The molecular weight excluding hydrogens is 294 g/mol. The van der Waals surface area contributed by atoms with Crippen molar-refractivity contribution >= 4 is 10.0 Å². The van der Waals surface area contributed by atoms with Crippen LogP contribution in [0.1, 0.15) is 18.3 Å². The van der Waals surface area contributed by atoms with Crippen molar-refractivity contribution in [1.82, 2.24) is 24.1 Å². The second-order valence-electron chi connectivity index (χ2n) is 4.95. The summed E-state index contributed by atoms with van der Waals surface area (Å²) in [5.74, 6) is 0.625. The monoisotopic (exact) mass is 311 g/mol. The van der Waals surface area contributed by atoms with E-state index < -0.39 is 10.0 Å². The summed E-state index contributed by atoms with van der Waals surface area (Å²) in [5, 5.41) is 4.10. The number of aromatic amines is 1. The summed E-state index contributed by atoms with van der Waals surface area (Å²) in [5.41, 5.74) is 0. The van der Waals surface area contributed by atoms with E-state index in [0.717, 1.165) is 0 Å². The summed E-state index contributed by atoms with van der Waals surface area (Å²) in [6.07, 6.45) is 5.19. The lowest BCUT2D eigenvalue weighted by molar-refractivity contribution is 0.114. The van der Waals surface area contributed by atoms with Gasteiger partial charge in [0.05, 0.1) is 18.3 Å². The van der Waals surface area contributed by atoms with E-state index in [2.05, 4.69) is 15.1 Å². The first-order valence-corrected chi connectivity index (χ1v) is 8.00. The predicted octanol–water partition coefficient (Wildman–Crippen LogP) is 0.294. The Bertz CT molecular complexity index is 709. The fraction of sp³-hybridized carbons (Fsp3) is 0.500. The number of hydrogen-bond acceptors (Lipinski definition) is 5. The third-order valence-corrected chi connectivity index (χ3v) is 5.68.